The lowest BCUT2D eigenvalue weighted by Crippen LogP contribution is -2.69. The molecule has 0 unspecified atom stereocenters. The van der Waals surface area contributed by atoms with Gasteiger partial charge < -0.3 is 20.0 Å². The Kier molecular flexibility index (Phi) is 5.34. The van der Waals surface area contributed by atoms with Crippen LogP contribution in [-0.4, -0.2) is 55.5 Å². The van der Waals surface area contributed by atoms with Crippen molar-refractivity contribution in [2.45, 2.75) is 63.8 Å². The molecule has 4 rings (SSSR count). The quantitative estimate of drug-likeness (QED) is 0.456. The summed E-state index contributed by atoms with van der Waals surface area (Å²) in [5.41, 5.74) is -5.88. The molecule has 0 aromatic heterocycles. The van der Waals surface area contributed by atoms with Gasteiger partial charge in [0.2, 0.25) is 0 Å². The van der Waals surface area contributed by atoms with Crippen LogP contribution < -0.4 is 0 Å². The fourth-order valence-electron chi connectivity index (χ4n) is 7.39. The Morgan fingerprint density at radius 3 is 2.59 bits per heavy atom. The Hall–Kier alpha value is -1.22. The Bertz CT molecular complexity index is 973. The zero-order valence-corrected chi connectivity index (χ0v) is 19.2. The highest BCUT2D eigenvalue weighted by molar-refractivity contribution is 7.46. The van der Waals surface area contributed by atoms with Crippen LogP contribution in [0.3, 0.4) is 0 Å². The largest absolute Gasteiger partial charge is 0.470 e. The summed E-state index contributed by atoms with van der Waals surface area (Å²) in [5.74, 6) is -2.87. The maximum Gasteiger partial charge on any atom is 0.470 e. The predicted octanol–water partition coefficient (Wildman–Crippen LogP) is 2.01. The van der Waals surface area contributed by atoms with Gasteiger partial charge in [0, 0.05) is 16.7 Å². The number of hydrogen-bond acceptors (Lipinski definition) is 6. The molecule has 4 aliphatic rings. The van der Waals surface area contributed by atoms with Gasteiger partial charge in [-0.05, 0) is 56.6 Å². The number of phosphoric acid groups is 1. The molecule has 4 aliphatic carbocycles. The molecule has 10 heteroatoms. The number of Topliss-reactive ketones (excluding diaryl/α,β-unsaturated/α-hetero) is 1. The van der Waals surface area contributed by atoms with Gasteiger partial charge in [0.15, 0.2) is 17.2 Å². The normalized spacial score (nSPS) is 48.0. The second-order valence-corrected chi connectivity index (χ2v) is 11.6. The van der Waals surface area contributed by atoms with Gasteiger partial charge in [0.1, 0.15) is 12.2 Å². The van der Waals surface area contributed by atoms with E-state index < -0.39 is 66.2 Å². The van der Waals surface area contributed by atoms with Crippen LogP contribution >= 0.6 is 7.82 Å². The Morgan fingerprint density at radius 1 is 1.31 bits per heavy atom. The van der Waals surface area contributed by atoms with Crippen molar-refractivity contribution < 1.29 is 43.1 Å². The van der Waals surface area contributed by atoms with Crippen LogP contribution in [0.4, 0.5) is 4.39 Å². The molecular formula is C22H30FO8P. The van der Waals surface area contributed by atoms with Crippen LogP contribution in [0.2, 0.25) is 0 Å². The van der Waals surface area contributed by atoms with Crippen molar-refractivity contribution in [1.29, 1.82) is 0 Å². The molecule has 3 saturated carbocycles. The van der Waals surface area contributed by atoms with Crippen molar-refractivity contribution in [3.63, 3.8) is 0 Å². The van der Waals surface area contributed by atoms with E-state index in [1.54, 1.807) is 20.8 Å². The minimum atomic E-state index is -4.93. The molecule has 32 heavy (non-hydrogen) atoms. The molecule has 8 nitrogen and oxygen atoms in total. The molecule has 8 atom stereocenters. The summed E-state index contributed by atoms with van der Waals surface area (Å²) >= 11 is 0. The van der Waals surface area contributed by atoms with Gasteiger partial charge in [-0.1, -0.05) is 25.5 Å². The minimum Gasteiger partial charge on any atom is -0.390 e. The summed E-state index contributed by atoms with van der Waals surface area (Å²) in [6.45, 7) is 4.00. The molecule has 3 fully saturated rings. The third-order valence-corrected chi connectivity index (χ3v) is 9.48. The molecule has 0 aliphatic heterocycles. The fourth-order valence-corrected chi connectivity index (χ4v) is 7.68. The van der Waals surface area contributed by atoms with Crippen molar-refractivity contribution in [2.75, 3.05) is 6.61 Å². The maximum absolute atomic E-state index is 17.0. The van der Waals surface area contributed by atoms with E-state index in [0.717, 1.165) is 0 Å². The number of hydrogen-bond donors (Lipinski definition) is 4. The SMILES string of the molecule is C[C@H]1C[C@H]2[C@@H]3CCC4=CC(=O)C=C[C@@]4(C)[C@]3(F)[C@@H](O)C[C@@]2(C)[C@@]1(O)C(=O)COP(=O)(O)O. The lowest BCUT2D eigenvalue weighted by Gasteiger charge is -2.62. The third-order valence-electron chi connectivity index (χ3n) is 9.01. The number of rotatable bonds is 4. The number of carbonyl (C=O) groups is 2. The van der Waals surface area contributed by atoms with E-state index >= 15 is 4.39 Å². The molecule has 0 aromatic rings. The summed E-state index contributed by atoms with van der Waals surface area (Å²) in [6, 6.07) is 0. The van der Waals surface area contributed by atoms with Crippen LogP contribution in [0, 0.1) is 28.6 Å². The van der Waals surface area contributed by atoms with Gasteiger partial charge in [-0.15, -0.1) is 0 Å². The number of aliphatic hydroxyl groups is 2. The van der Waals surface area contributed by atoms with E-state index in [1.165, 1.54) is 18.2 Å². The van der Waals surface area contributed by atoms with Crippen LogP contribution in [0.25, 0.3) is 0 Å². The first-order valence-electron chi connectivity index (χ1n) is 10.9. The number of halogens is 1. The van der Waals surface area contributed by atoms with Crippen LogP contribution in [0.15, 0.2) is 23.8 Å². The minimum absolute atomic E-state index is 0.211. The number of aliphatic hydroxyl groups excluding tert-OH is 1. The number of alkyl halides is 1. The van der Waals surface area contributed by atoms with Gasteiger partial charge >= 0.3 is 7.82 Å². The zero-order chi connectivity index (χ0) is 23.9. The Labute approximate surface area is 185 Å². The maximum atomic E-state index is 17.0. The summed E-state index contributed by atoms with van der Waals surface area (Å²) in [5, 5.41) is 22.8. The highest BCUT2D eigenvalue weighted by Gasteiger charge is 2.75. The number of fused-ring (bicyclic) bond motifs is 5. The van der Waals surface area contributed by atoms with Crippen molar-refractivity contribution in [3.8, 4) is 0 Å². The van der Waals surface area contributed by atoms with Gasteiger partial charge in [0.25, 0.3) is 0 Å². The third kappa shape index (κ3) is 2.95. The second kappa shape index (κ2) is 7.14. The molecule has 4 N–H and O–H groups in total. The number of phosphoric ester groups is 1. The monoisotopic (exact) mass is 472 g/mol. The number of allylic oxidation sites excluding steroid dienone is 4. The molecule has 0 radical (unpaired) electrons. The van der Waals surface area contributed by atoms with Crippen molar-refractivity contribution in [2.24, 2.45) is 28.6 Å². The van der Waals surface area contributed by atoms with E-state index in [-0.39, 0.29) is 12.2 Å². The number of ketones is 2. The zero-order valence-electron chi connectivity index (χ0n) is 18.3. The highest BCUT2D eigenvalue weighted by Crippen LogP contribution is 2.70. The summed E-state index contributed by atoms with van der Waals surface area (Å²) in [7, 11) is -4.93. The average molecular weight is 472 g/mol. The highest BCUT2D eigenvalue weighted by atomic mass is 31.2. The van der Waals surface area contributed by atoms with E-state index in [9.17, 15) is 24.4 Å². The van der Waals surface area contributed by atoms with Crippen LogP contribution in [0.5, 0.6) is 0 Å². The van der Waals surface area contributed by atoms with Gasteiger partial charge in [0.05, 0.1) is 6.10 Å². The molecule has 0 heterocycles. The van der Waals surface area contributed by atoms with Crippen molar-refractivity contribution in [3.05, 3.63) is 23.8 Å². The fraction of sp³-hybridized carbons (Fsp3) is 0.727. The predicted molar refractivity (Wildman–Crippen MR) is 111 cm³/mol. The summed E-state index contributed by atoms with van der Waals surface area (Å²) in [4.78, 5) is 42.8. The lowest BCUT2D eigenvalue weighted by molar-refractivity contribution is -0.219. The van der Waals surface area contributed by atoms with Crippen molar-refractivity contribution in [1.82, 2.24) is 0 Å². The van der Waals surface area contributed by atoms with Crippen LogP contribution in [0.1, 0.15) is 46.5 Å². The van der Waals surface area contributed by atoms with E-state index in [4.69, 9.17) is 9.79 Å². The Morgan fingerprint density at radius 2 is 1.97 bits per heavy atom. The van der Waals surface area contributed by atoms with Gasteiger partial charge in [-0.3, -0.25) is 14.1 Å². The molecule has 0 saturated heterocycles. The lowest BCUT2D eigenvalue weighted by atomic mass is 9.44. The Balaban J connectivity index is 1.74. The molecule has 0 spiro atoms. The molecular weight excluding hydrogens is 442 g/mol. The first-order valence-corrected chi connectivity index (χ1v) is 12.4. The second-order valence-electron chi connectivity index (χ2n) is 10.4. The van der Waals surface area contributed by atoms with Crippen LogP contribution in [-0.2, 0) is 18.7 Å². The molecule has 178 valence electrons. The van der Waals surface area contributed by atoms with Gasteiger partial charge in [-0.25, -0.2) is 8.96 Å². The van der Waals surface area contributed by atoms with Gasteiger partial charge in [-0.2, -0.15) is 0 Å². The van der Waals surface area contributed by atoms with Crippen molar-refractivity contribution >= 4 is 19.4 Å². The first kappa shape index (κ1) is 23.9. The average Bonchev–Trinajstić information content (AvgIpc) is 2.89. The van der Waals surface area contributed by atoms with E-state index in [2.05, 4.69) is 4.52 Å². The van der Waals surface area contributed by atoms with E-state index in [0.29, 0.717) is 24.8 Å². The topological polar surface area (TPSA) is 141 Å². The van der Waals surface area contributed by atoms with E-state index in [1.807, 2.05) is 0 Å². The number of carbonyl (C=O) groups excluding carboxylic acids is 2. The smallest absolute Gasteiger partial charge is 0.390 e. The standard InChI is InChI=1S/C22H30FO8P/c1-12-8-16-15-5-4-13-9-14(24)6-7-19(13,2)21(15,23)17(25)10-20(16,3)22(12,27)18(26)11-31-32(28,29)30/h6-7,9,12,15-17,25,27H,4-5,8,10-11H2,1-3H3,(H2,28,29,30)/t12-,15-,16-,17-,19+,20+,21+,22-/m0/s1. The summed E-state index contributed by atoms with van der Waals surface area (Å²) in [6.07, 6.45) is 3.70. The summed E-state index contributed by atoms with van der Waals surface area (Å²) < 4.78 is 32.5. The first-order chi connectivity index (χ1) is 14.6. The molecule has 0 bridgehead atoms. The molecule has 0 amide bonds. The molecule has 0 aromatic carbocycles.